The van der Waals surface area contributed by atoms with Crippen molar-refractivity contribution < 1.29 is 14.1 Å². The molecule has 0 aliphatic carbocycles. The van der Waals surface area contributed by atoms with Crippen LogP contribution in [0.4, 0.5) is 11.4 Å². The molecule has 6 heteroatoms. The number of carbonyl (C=O) groups excluding carboxylic acids is 2. The van der Waals surface area contributed by atoms with Crippen LogP contribution in [-0.2, 0) is 16.0 Å². The number of nitrogens with one attached hydrogen (secondary N) is 1. The standard InChI is InChI=1S/C18H21N3O3/c1-11-9-14(6-7-16(11)21-8-4-5-18(21)23)19-17(22)10-15-12(2)20-24-13(15)3/h6-7,9H,4-5,8,10H2,1-3H3,(H,19,22). The second-order valence-corrected chi connectivity index (χ2v) is 6.18. The van der Waals surface area contributed by atoms with Crippen molar-refractivity contribution in [2.24, 2.45) is 0 Å². The molecule has 3 rings (SSSR count). The summed E-state index contributed by atoms with van der Waals surface area (Å²) in [6.07, 6.45) is 1.73. The third-order valence-electron chi connectivity index (χ3n) is 4.36. The van der Waals surface area contributed by atoms with Gasteiger partial charge in [-0.25, -0.2) is 0 Å². The molecule has 0 saturated carbocycles. The van der Waals surface area contributed by atoms with Gasteiger partial charge in [0, 0.05) is 29.9 Å². The molecule has 1 aliphatic rings. The maximum absolute atomic E-state index is 12.2. The summed E-state index contributed by atoms with van der Waals surface area (Å²) < 4.78 is 5.08. The van der Waals surface area contributed by atoms with Gasteiger partial charge in [0.25, 0.3) is 0 Å². The molecule has 126 valence electrons. The molecule has 1 N–H and O–H groups in total. The smallest absolute Gasteiger partial charge is 0.228 e. The summed E-state index contributed by atoms with van der Waals surface area (Å²) in [5.74, 6) is 0.712. The number of anilines is 2. The van der Waals surface area contributed by atoms with Crippen LogP contribution in [0.15, 0.2) is 22.7 Å². The summed E-state index contributed by atoms with van der Waals surface area (Å²) in [4.78, 5) is 25.9. The highest BCUT2D eigenvalue weighted by atomic mass is 16.5. The molecule has 1 fully saturated rings. The number of carbonyl (C=O) groups is 2. The van der Waals surface area contributed by atoms with Crippen LogP contribution in [0.3, 0.4) is 0 Å². The highest BCUT2D eigenvalue weighted by Crippen LogP contribution is 2.27. The van der Waals surface area contributed by atoms with Crippen molar-refractivity contribution in [1.29, 1.82) is 0 Å². The Hall–Kier alpha value is -2.63. The average Bonchev–Trinajstić information content (AvgIpc) is 3.08. The summed E-state index contributed by atoms with van der Waals surface area (Å²) in [5.41, 5.74) is 4.17. The maximum Gasteiger partial charge on any atom is 0.228 e. The minimum Gasteiger partial charge on any atom is -0.361 e. The molecule has 1 aliphatic heterocycles. The Kier molecular flexibility index (Phi) is 4.38. The van der Waals surface area contributed by atoms with Gasteiger partial charge in [0.15, 0.2) is 0 Å². The SMILES string of the molecule is Cc1cc(NC(=O)Cc2c(C)noc2C)ccc1N1CCCC1=O. The molecule has 1 saturated heterocycles. The van der Waals surface area contributed by atoms with Crippen LogP contribution in [0.2, 0.25) is 0 Å². The molecule has 0 unspecified atom stereocenters. The van der Waals surface area contributed by atoms with Gasteiger partial charge in [0.05, 0.1) is 12.1 Å². The Morgan fingerprint density at radius 1 is 1.33 bits per heavy atom. The van der Waals surface area contributed by atoms with E-state index in [0.717, 1.165) is 41.2 Å². The van der Waals surface area contributed by atoms with Crippen molar-refractivity contribution in [3.63, 3.8) is 0 Å². The molecule has 0 atom stereocenters. The van der Waals surface area contributed by atoms with E-state index >= 15 is 0 Å². The first-order valence-electron chi connectivity index (χ1n) is 8.08. The fourth-order valence-corrected chi connectivity index (χ4v) is 3.06. The molecule has 0 bridgehead atoms. The van der Waals surface area contributed by atoms with Crippen molar-refractivity contribution in [3.8, 4) is 0 Å². The van der Waals surface area contributed by atoms with Gasteiger partial charge in [0.2, 0.25) is 11.8 Å². The molecule has 0 radical (unpaired) electrons. The van der Waals surface area contributed by atoms with E-state index in [0.29, 0.717) is 12.2 Å². The molecule has 1 aromatic heterocycles. The summed E-state index contributed by atoms with van der Waals surface area (Å²) in [5, 5.41) is 6.75. The zero-order valence-electron chi connectivity index (χ0n) is 14.2. The van der Waals surface area contributed by atoms with Gasteiger partial charge in [-0.3, -0.25) is 9.59 Å². The van der Waals surface area contributed by atoms with Crippen molar-refractivity contribution >= 4 is 23.2 Å². The van der Waals surface area contributed by atoms with E-state index in [1.165, 1.54) is 0 Å². The van der Waals surface area contributed by atoms with Crippen LogP contribution in [0, 0.1) is 20.8 Å². The predicted octanol–water partition coefficient (Wildman–Crippen LogP) is 2.91. The first-order valence-corrected chi connectivity index (χ1v) is 8.08. The van der Waals surface area contributed by atoms with Gasteiger partial charge >= 0.3 is 0 Å². The van der Waals surface area contributed by atoms with Crippen LogP contribution in [-0.4, -0.2) is 23.5 Å². The molecule has 1 aromatic carbocycles. The lowest BCUT2D eigenvalue weighted by molar-refractivity contribution is -0.117. The Morgan fingerprint density at radius 2 is 2.12 bits per heavy atom. The largest absolute Gasteiger partial charge is 0.361 e. The van der Waals surface area contributed by atoms with Crippen molar-refractivity contribution in [1.82, 2.24) is 5.16 Å². The summed E-state index contributed by atoms with van der Waals surface area (Å²) in [6.45, 7) is 6.34. The number of hydrogen-bond donors (Lipinski definition) is 1. The Bertz CT molecular complexity index is 775. The lowest BCUT2D eigenvalue weighted by atomic mass is 10.1. The summed E-state index contributed by atoms with van der Waals surface area (Å²) >= 11 is 0. The summed E-state index contributed by atoms with van der Waals surface area (Å²) in [6, 6.07) is 5.62. The number of amides is 2. The Labute approximate surface area is 140 Å². The third-order valence-corrected chi connectivity index (χ3v) is 4.36. The number of aromatic nitrogens is 1. The minimum absolute atomic E-state index is 0.117. The maximum atomic E-state index is 12.2. The van der Waals surface area contributed by atoms with E-state index < -0.39 is 0 Å². The molecule has 2 aromatic rings. The van der Waals surface area contributed by atoms with Crippen molar-refractivity contribution in [3.05, 3.63) is 40.8 Å². The Morgan fingerprint density at radius 3 is 2.71 bits per heavy atom. The molecule has 0 spiro atoms. The van der Waals surface area contributed by atoms with Crippen LogP contribution >= 0.6 is 0 Å². The number of rotatable bonds is 4. The topological polar surface area (TPSA) is 75.4 Å². The fourth-order valence-electron chi connectivity index (χ4n) is 3.06. The molecular weight excluding hydrogens is 306 g/mol. The first-order chi connectivity index (χ1) is 11.5. The van der Waals surface area contributed by atoms with E-state index in [4.69, 9.17) is 4.52 Å². The van der Waals surface area contributed by atoms with Gasteiger partial charge < -0.3 is 14.7 Å². The van der Waals surface area contributed by atoms with Crippen LogP contribution < -0.4 is 10.2 Å². The van der Waals surface area contributed by atoms with Crippen LogP contribution in [0.1, 0.15) is 35.4 Å². The van der Waals surface area contributed by atoms with E-state index in [-0.39, 0.29) is 18.2 Å². The van der Waals surface area contributed by atoms with Gasteiger partial charge in [-0.05, 0) is 51.0 Å². The van der Waals surface area contributed by atoms with Crippen LogP contribution in [0.25, 0.3) is 0 Å². The van der Waals surface area contributed by atoms with E-state index in [9.17, 15) is 9.59 Å². The second kappa shape index (κ2) is 6.47. The van der Waals surface area contributed by atoms with E-state index in [1.54, 1.807) is 6.92 Å². The number of benzene rings is 1. The zero-order chi connectivity index (χ0) is 17.3. The number of hydrogen-bond acceptors (Lipinski definition) is 4. The Balaban J connectivity index is 1.70. The highest BCUT2D eigenvalue weighted by molar-refractivity contribution is 5.97. The lowest BCUT2D eigenvalue weighted by Crippen LogP contribution is -2.24. The number of aryl methyl sites for hydroxylation is 3. The predicted molar refractivity (Wildman–Crippen MR) is 91.1 cm³/mol. The van der Waals surface area contributed by atoms with Crippen molar-refractivity contribution in [2.75, 3.05) is 16.8 Å². The molecule has 2 amide bonds. The molecular formula is C18H21N3O3. The fraction of sp³-hybridized carbons (Fsp3) is 0.389. The van der Waals surface area contributed by atoms with Crippen LogP contribution in [0.5, 0.6) is 0 Å². The molecule has 6 nitrogen and oxygen atoms in total. The average molecular weight is 327 g/mol. The van der Waals surface area contributed by atoms with Gasteiger partial charge in [-0.2, -0.15) is 0 Å². The zero-order valence-corrected chi connectivity index (χ0v) is 14.2. The summed E-state index contributed by atoms with van der Waals surface area (Å²) in [7, 11) is 0. The second-order valence-electron chi connectivity index (χ2n) is 6.18. The minimum atomic E-state index is -0.117. The third kappa shape index (κ3) is 3.18. The quantitative estimate of drug-likeness (QED) is 0.937. The van der Waals surface area contributed by atoms with E-state index in [2.05, 4.69) is 10.5 Å². The van der Waals surface area contributed by atoms with E-state index in [1.807, 2.05) is 36.9 Å². The molecule has 2 heterocycles. The highest BCUT2D eigenvalue weighted by Gasteiger charge is 2.23. The molecule has 24 heavy (non-hydrogen) atoms. The van der Waals surface area contributed by atoms with Gasteiger partial charge in [-0.1, -0.05) is 5.16 Å². The normalized spacial score (nSPS) is 14.3. The van der Waals surface area contributed by atoms with Gasteiger partial charge in [0.1, 0.15) is 5.76 Å². The van der Waals surface area contributed by atoms with Gasteiger partial charge in [-0.15, -0.1) is 0 Å². The van der Waals surface area contributed by atoms with Crippen molar-refractivity contribution in [2.45, 2.75) is 40.0 Å². The number of nitrogens with zero attached hydrogens (tertiary/aromatic N) is 2. The monoisotopic (exact) mass is 327 g/mol. The lowest BCUT2D eigenvalue weighted by Gasteiger charge is -2.19. The first kappa shape index (κ1) is 16.2.